The molecule has 3 aromatic rings. The quantitative estimate of drug-likeness (QED) is 0.640. The maximum atomic E-state index is 12.8. The smallest absolute Gasteiger partial charge is 0.255 e. The number of morpholine rings is 1. The fourth-order valence-corrected chi connectivity index (χ4v) is 4.59. The van der Waals surface area contributed by atoms with Gasteiger partial charge in [-0.15, -0.1) is 0 Å². The molecule has 2 heterocycles. The van der Waals surface area contributed by atoms with Crippen LogP contribution >= 0.6 is 0 Å². The minimum atomic E-state index is -3.63. The number of sulfonamides is 1. The van der Waals surface area contributed by atoms with Gasteiger partial charge in [-0.05, 0) is 35.9 Å². The van der Waals surface area contributed by atoms with Crippen LogP contribution in [0, 0.1) is 0 Å². The van der Waals surface area contributed by atoms with E-state index in [9.17, 15) is 13.2 Å². The van der Waals surface area contributed by atoms with E-state index >= 15 is 0 Å². The Morgan fingerprint density at radius 3 is 2.57 bits per heavy atom. The van der Waals surface area contributed by atoms with Crippen LogP contribution < -0.4 is 5.32 Å². The minimum Gasteiger partial charge on any atom is -0.379 e. The molecular formula is C20H21N5O4S. The predicted octanol–water partition coefficient (Wildman–Crippen LogP) is 1.60. The summed E-state index contributed by atoms with van der Waals surface area (Å²) in [5.41, 5.74) is 1.87. The zero-order chi connectivity index (χ0) is 21.0. The van der Waals surface area contributed by atoms with Gasteiger partial charge >= 0.3 is 0 Å². The second-order valence-electron chi connectivity index (χ2n) is 6.79. The van der Waals surface area contributed by atoms with Gasteiger partial charge in [0.05, 0.1) is 24.7 Å². The van der Waals surface area contributed by atoms with Gasteiger partial charge in [0.1, 0.15) is 12.7 Å². The van der Waals surface area contributed by atoms with Crippen molar-refractivity contribution in [2.45, 2.75) is 11.4 Å². The number of amides is 1. The van der Waals surface area contributed by atoms with Gasteiger partial charge in [-0.1, -0.05) is 18.2 Å². The van der Waals surface area contributed by atoms with Crippen molar-refractivity contribution in [3.63, 3.8) is 0 Å². The van der Waals surface area contributed by atoms with Crippen molar-refractivity contribution < 1.29 is 17.9 Å². The Morgan fingerprint density at radius 1 is 1.10 bits per heavy atom. The van der Waals surface area contributed by atoms with Crippen molar-refractivity contribution in [3.05, 3.63) is 72.3 Å². The molecule has 156 valence electrons. The number of aromatic nitrogens is 3. The molecule has 0 saturated carbocycles. The van der Waals surface area contributed by atoms with E-state index in [-0.39, 0.29) is 10.8 Å². The Morgan fingerprint density at radius 2 is 1.87 bits per heavy atom. The summed E-state index contributed by atoms with van der Waals surface area (Å²) in [4.78, 5) is 16.6. The Hall–Kier alpha value is -3.08. The third kappa shape index (κ3) is 4.56. The van der Waals surface area contributed by atoms with Crippen molar-refractivity contribution in [3.8, 4) is 0 Å². The molecule has 0 aliphatic carbocycles. The molecule has 1 saturated heterocycles. The van der Waals surface area contributed by atoms with Crippen molar-refractivity contribution in [1.82, 2.24) is 19.1 Å². The van der Waals surface area contributed by atoms with Gasteiger partial charge in [0.15, 0.2) is 0 Å². The molecule has 1 aliphatic rings. The monoisotopic (exact) mass is 427 g/mol. The number of hydrogen-bond acceptors (Lipinski definition) is 6. The highest BCUT2D eigenvalue weighted by Crippen LogP contribution is 2.21. The molecule has 0 atom stereocenters. The molecule has 2 aromatic carbocycles. The van der Waals surface area contributed by atoms with E-state index in [0.29, 0.717) is 44.1 Å². The number of benzene rings is 2. The normalized spacial score (nSPS) is 15.1. The lowest BCUT2D eigenvalue weighted by molar-refractivity contribution is 0.0730. The first-order chi connectivity index (χ1) is 14.5. The summed E-state index contributed by atoms with van der Waals surface area (Å²) in [7, 11) is -3.63. The Kier molecular flexibility index (Phi) is 5.88. The van der Waals surface area contributed by atoms with Crippen molar-refractivity contribution in [2.24, 2.45) is 0 Å². The topological polar surface area (TPSA) is 106 Å². The van der Waals surface area contributed by atoms with Crippen LogP contribution in [0.15, 0.2) is 66.1 Å². The Labute approximate surface area is 174 Å². The highest BCUT2D eigenvalue weighted by atomic mass is 32.2. The number of hydrogen-bond donors (Lipinski definition) is 1. The van der Waals surface area contributed by atoms with Crippen LogP contribution in [0.4, 0.5) is 5.69 Å². The van der Waals surface area contributed by atoms with Crippen LogP contribution in [-0.4, -0.2) is 59.7 Å². The molecule has 30 heavy (non-hydrogen) atoms. The van der Waals surface area contributed by atoms with Gasteiger partial charge in [0.2, 0.25) is 10.0 Å². The molecule has 4 rings (SSSR count). The van der Waals surface area contributed by atoms with Gasteiger partial charge in [-0.2, -0.15) is 9.40 Å². The van der Waals surface area contributed by atoms with E-state index < -0.39 is 10.0 Å². The van der Waals surface area contributed by atoms with Crippen molar-refractivity contribution in [1.29, 1.82) is 0 Å². The molecule has 1 fully saturated rings. The van der Waals surface area contributed by atoms with Crippen LogP contribution in [0.3, 0.4) is 0 Å². The van der Waals surface area contributed by atoms with Gasteiger partial charge < -0.3 is 10.1 Å². The second-order valence-corrected chi connectivity index (χ2v) is 8.73. The molecular weight excluding hydrogens is 406 g/mol. The predicted molar refractivity (Wildman–Crippen MR) is 110 cm³/mol. The summed E-state index contributed by atoms with van der Waals surface area (Å²) >= 11 is 0. The number of ether oxygens (including phenoxy) is 1. The third-order valence-electron chi connectivity index (χ3n) is 4.73. The Bertz CT molecular complexity index is 1110. The van der Waals surface area contributed by atoms with Gasteiger partial charge in [0, 0.05) is 24.3 Å². The number of nitrogens with one attached hydrogen (secondary N) is 1. The zero-order valence-electron chi connectivity index (χ0n) is 16.1. The zero-order valence-corrected chi connectivity index (χ0v) is 17.0. The molecule has 1 amide bonds. The number of anilines is 1. The maximum Gasteiger partial charge on any atom is 0.255 e. The third-order valence-corrected chi connectivity index (χ3v) is 6.62. The SMILES string of the molecule is O=C(Nc1cccc(S(=O)(=O)N2CCOCC2)c1)c1ccc(Cn2cncn2)cc1. The fraction of sp³-hybridized carbons (Fsp3) is 0.250. The van der Waals surface area contributed by atoms with E-state index in [2.05, 4.69) is 15.4 Å². The summed E-state index contributed by atoms with van der Waals surface area (Å²) in [5, 5.41) is 6.82. The summed E-state index contributed by atoms with van der Waals surface area (Å²) < 4.78 is 33.9. The van der Waals surface area contributed by atoms with Gasteiger partial charge in [-0.3, -0.25) is 4.79 Å². The molecule has 0 radical (unpaired) electrons. The largest absolute Gasteiger partial charge is 0.379 e. The molecule has 0 bridgehead atoms. The molecule has 0 unspecified atom stereocenters. The Balaban J connectivity index is 1.45. The summed E-state index contributed by atoms with van der Waals surface area (Å²) in [5.74, 6) is -0.316. The lowest BCUT2D eigenvalue weighted by Gasteiger charge is -2.26. The highest BCUT2D eigenvalue weighted by molar-refractivity contribution is 7.89. The molecule has 0 spiro atoms. The van der Waals surface area contributed by atoms with Crippen molar-refractivity contribution in [2.75, 3.05) is 31.6 Å². The summed E-state index contributed by atoms with van der Waals surface area (Å²) in [6, 6.07) is 13.4. The van der Waals surface area contributed by atoms with Crippen LogP contribution in [0.5, 0.6) is 0 Å². The van der Waals surface area contributed by atoms with E-state index in [0.717, 1.165) is 5.56 Å². The summed E-state index contributed by atoms with van der Waals surface area (Å²) in [6.45, 7) is 1.95. The standard InChI is InChI=1S/C20H21N5O4S/c26-20(17-6-4-16(5-7-17)13-24-15-21-14-22-24)23-18-2-1-3-19(12-18)30(27,28)25-8-10-29-11-9-25/h1-7,12,14-15H,8-11,13H2,(H,23,26). The van der Waals surface area contributed by atoms with Crippen LogP contribution in [0.2, 0.25) is 0 Å². The lowest BCUT2D eigenvalue weighted by atomic mass is 10.1. The van der Waals surface area contributed by atoms with Crippen LogP contribution in [0.1, 0.15) is 15.9 Å². The first-order valence-electron chi connectivity index (χ1n) is 9.43. The number of nitrogens with zero attached hydrogens (tertiary/aromatic N) is 4. The van der Waals surface area contributed by atoms with Crippen LogP contribution in [-0.2, 0) is 21.3 Å². The lowest BCUT2D eigenvalue weighted by Crippen LogP contribution is -2.40. The average molecular weight is 427 g/mol. The molecule has 1 aliphatic heterocycles. The van der Waals surface area contributed by atoms with Crippen LogP contribution in [0.25, 0.3) is 0 Å². The molecule has 1 N–H and O–H groups in total. The van der Waals surface area contributed by atoms with E-state index in [1.54, 1.807) is 35.3 Å². The first-order valence-corrected chi connectivity index (χ1v) is 10.9. The van der Waals surface area contributed by atoms with E-state index in [4.69, 9.17) is 4.74 Å². The summed E-state index contributed by atoms with van der Waals surface area (Å²) in [6.07, 6.45) is 3.09. The number of carbonyl (C=O) groups is 1. The highest BCUT2D eigenvalue weighted by Gasteiger charge is 2.26. The molecule has 1 aromatic heterocycles. The van der Waals surface area contributed by atoms with Gasteiger partial charge in [0.25, 0.3) is 5.91 Å². The maximum absolute atomic E-state index is 12.8. The first kappa shape index (κ1) is 20.2. The van der Waals surface area contributed by atoms with Gasteiger partial charge in [-0.25, -0.2) is 18.1 Å². The number of rotatable bonds is 6. The van der Waals surface area contributed by atoms with Crippen molar-refractivity contribution >= 4 is 21.6 Å². The van der Waals surface area contributed by atoms with E-state index in [1.807, 2.05) is 12.1 Å². The van der Waals surface area contributed by atoms with E-state index in [1.165, 1.54) is 22.8 Å². The minimum absolute atomic E-state index is 0.144. The second kappa shape index (κ2) is 8.74. The molecule has 10 heteroatoms. The molecule has 9 nitrogen and oxygen atoms in total. The fourth-order valence-electron chi connectivity index (χ4n) is 3.14. The average Bonchev–Trinajstić information content (AvgIpc) is 3.28. The number of carbonyl (C=O) groups excluding carboxylic acids is 1.